The highest BCUT2D eigenvalue weighted by Crippen LogP contribution is 2.33. The summed E-state index contributed by atoms with van der Waals surface area (Å²) in [5.41, 5.74) is 1.70. The summed E-state index contributed by atoms with van der Waals surface area (Å²) in [6, 6.07) is 8.34. The molecule has 2 heterocycles. The van der Waals surface area contributed by atoms with E-state index in [0.29, 0.717) is 17.7 Å². The molecule has 1 aliphatic heterocycles. The molecule has 1 atom stereocenters. The molecule has 8 nitrogen and oxygen atoms in total. The maximum absolute atomic E-state index is 13.8. The highest BCUT2D eigenvalue weighted by Gasteiger charge is 2.38. The smallest absolute Gasteiger partial charge is 0.184 e. The van der Waals surface area contributed by atoms with Crippen LogP contribution in [0, 0.1) is 5.82 Å². The van der Waals surface area contributed by atoms with Crippen molar-refractivity contribution in [2.75, 3.05) is 28.2 Å². The number of aromatic nitrogens is 1. The SMILES string of the molecule is CN(C)C1(C=O)CCC1.CNC.O=C(CCCCCCC1NC=C(c2ccccc2F)N1)c1ccon1. The molecule has 0 saturated heterocycles. The molecule has 0 spiro atoms. The molecule has 0 radical (unpaired) electrons. The van der Waals surface area contributed by atoms with E-state index in [9.17, 15) is 14.0 Å². The Kier molecular flexibility index (Phi) is 13.0. The fourth-order valence-corrected chi connectivity index (χ4v) is 4.13. The third-order valence-electron chi connectivity index (χ3n) is 6.62. The Labute approximate surface area is 220 Å². The number of aldehydes is 1. The standard InChI is InChI=1S/C19H22FN3O2.C7H13NO.C2H7N/c20-15-8-6-5-7-14(15)17-13-21-19(22-17)10-4-2-1-3-9-18(24)16-11-12-25-23-16;1-8(2)7(6-9)4-3-5-7;1-3-2/h5-8,11-13,19,21-22H,1-4,9-10H2;6H,3-5H2,1-2H3;3H,1-2H3. The van der Waals surface area contributed by atoms with Crippen LogP contribution >= 0.6 is 0 Å². The van der Waals surface area contributed by atoms with Gasteiger partial charge in [0, 0.05) is 24.3 Å². The zero-order valence-corrected chi connectivity index (χ0v) is 22.6. The normalized spacial score (nSPS) is 17.1. The van der Waals surface area contributed by atoms with Crippen LogP contribution < -0.4 is 16.0 Å². The molecule has 9 heteroatoms. The highest BCUT2D eigenvalue weighted by atomic mass is 19.1. The summed E-state index contributed by atoms with van der Waals surface area (Å²) in [7, 11) is 7.68. The van der Waals surface area contributed by atoms with Crippen molar-refractivity contribution in [1.82, 2.24) is 26.0 Å². The molecule has 1 aliphatic carbocycles. The first kappa shape index (κ1) is 30.2. The van der Waals surface area contributed by atoms with E-state index in [-0.39, 0.29) is 23.3 Å². The van der Waals surface area contributed by atoms with E-state index in [1.165, 1.54) is 18.8 Å². The second kappa shape index (κ2) is 15.9. The van der Waals surface area contributed by atoms with Crippen LogP contribution in [0.15, 0.2) is 47.3 Å². The van der Waals surface area contributed by atoms with E-state index in [1.54, 1.807) is 18.2 Å². The number of nitrogens with zero attached hydrogens (tertiary/aromatic N) is 2. The van der Waals surface area contributed by atoms with Gasteiger partial charge in [0.2, 0.25) is 0 Å². The Bertz CT molecular complexity index is 974. The quantitative estimate of drug-likeness (QED) is 0.231. The maximum Gasteiger partial charge on any atom is 0.184 e. The largest absolute Gasteiger partial charge is 0.370 e. The third kappa shape index (κ3) is 9.40. The second-order valence-electron chi connectivity index (χ2n) is 9.63. The van der Waals surface area contributed by atoms with E-state index >= 15 is 0 Å². The monoisotopic (exact) mass is 515 g/mol. The minimum absolute atomic E-state index is 0.0339. The topological polar surface area (TPSA) is 99.5 Å². The van der Waals surface area contributed by atoms with Crippen LogP contribution in [0.5, 0.6) is 0 Å². The molecule has 204 valence electrons. The van der Waals surface area contributed by atoms with Crippen molar-refractivity contribution >= 4 is 17.8 Å². The lowest BCUT2D eigenvalue weighted by molar-refractivity contribution is -0.121. The van der Waals surface area contributed by atoms with Crippen LogP contribution in [0.1, 0.15) is 73.8 Å². The van der Waals surface area contributed by atoms with Gasteiger partial charge in [-0.2, -0.15) is 0 Å². The Morgan fingerprint density at radius 1 is 1.19 bits per heavy atom. The van der Waals surface area contributed by atoms with E-state index in [1.807, 2.05) is 45.4 Å². The minimum Gasteiger partial charge on any atom is -0.370 e. The summed E-state index contributed by atoms with van der Waals surface area (Å²) in [6.07, 6.45) is 13.2. The fourth-order valence-electron chi connectivity index (χ4n) is 4.13. The Hall–Kier alpha value is -3.04. The van der Waals surface area contributed by atoms with Crippen molar-refractivity contribution in [3.63, 3.8) is 0 Å². The number of likely N-dealkylation sites (N-methyl/N-ethyl adjacent to an activating group) is 1. The number of benzene rings is 1. The van der Waals surface area contributed by atoms with Gasteiger partial charge in [-0.1, -0.05) is 30.1 Å². The number of rotatable bonds is 11. The molecular formula is C28H42FN5O3. The zero-order valence-electron chi connectivity index (χ0n) is 22.6. The van der Waals surface area contributed by atoms with Crippen LogP contribution in [-0.2, 0) is 4.79 Å². The van der Waals surface area contributed by atoms with Crippen LogP contribution in [0.3, 0.4) is 0 Å². The number of carbonyl (C=O) groups excluding carboxylic acids is 2. The molecule has 1 aromatic carbocycles. The minimum atomic E-state index is -0.222. The van der Waals surface area contributed by atoms with Crippen molar-refractivity contribution in [1.29, 1.82) is 0 Å². The Morgan fingerprint density at radius 2 is 1.89 bits per heavy atom. The van der Waals surface area contributed by atoms with Gasteiger partial charge in [-0.15, -0.1) is 0 Å². The lowest BCUT2D eigenvalue weighted by Crippen LogP contribution is -2.51. The van der Waals surface area contributed by atoms with Gasteiger partial charge in [-0.3, -0.25) is 9.69 Å². The van der Waals surface area contributed by atoms with Gasteiger partial charge in [0.1, 0.15) is 24.1 Å². The molecule has 1 saturated carbocycles. The molecule has 0 bridgehead atoms. The van der Waals surface area contributed by atoms with Gasteiger partial charge in [-0.05, 0) is 78.8 Å². The Balaban J connectivity index is 0.000000333. The van der Waals surface area contributed by atoms with E-state index in [2.05, 4.69) is 25.6 Å². The molecular weight excluding hydrogens is 473 g/mol. The van der Waals surface area contributed by atoms with Crippen LogP contribution in [0.2, 0.25) is 0 Å². The summed E-state index contributed by atoms with van der Waals surface area (Å²) in [5, 5.41) is 13.0. The molecule has 4 rings (SSSR count). The lowest BCUT2D eigenvalue weighted by atomic mass is 9.77. The van der Waals surface area contributed by atoms with Gasteiger partial charge in [0.25, 0.3) is 0 Å². The number of hydrogen-bond donors (Lipinski definition) is 3. The van der Waals surface area contributed by atoms with Gasteiger partial charge < -0.3 is 25.3 Å². The molecule has 2 aromatic rings. The second-order valence-corrected chi connectivity index (χ2v) is 9.63. The molecule has 0 amide bonds. The predicted octanol–water partition coefficient (Wildman–Crippen LogP) is 4.36. The summed E-state index contributed by atoms with van der Waals surface area (Å²) in [5.74, 6) is -0.188. The molecule has 1 fully saturated rings. The number of hydrogen-bond acceptors (Lipinski definition) is 8. The lowest BCUT2D eigenvalue weighted by Gasteiger charge is -2.42. The van der Waals surface area contributed by atoms with Crippen molar-refractivity contribution in [2.45, 2.75) is 69.5 Å². The van der Waals surface area contributed by atoms with Gasteiger partial charge in [0.05, 0.1) is 17.4 Å². The number of nitrogens with one attached hydrogen (secondary N) is 3. The van der Waals surface area contributed by atoms with Crippen molar-refractivity contribution in [3.05, 3.63) is 59.9 Å². The third-order valence-corrected chi connectivity index (χ3v) is 6.62. The summed E-state index contributed by atoms with van der Waals surface area (Å²) in [4.78, 5) is 24.3. The van der Waals surface area contributed by atoms with Gasteiger partial charge in [0.15, 0.2) is 5.78 Å². The van der Waals surface area contributed by atoms with Gasteiger partial charge in [-0.25, -0.2) is 4.39 Å². The molecule has 1 aromatic heterocycles. The van der Waals surface area contributed by atoms with Crippen molar-refractivity contribution in [2.24, 2.45) is 0 Å². The zero-order chi connectivity index (χ0) is 27.1. The van der Waals surface area contributed by atoms with Gasteiger partial charge >= 0.3 is 0 Å². The first-order valence-electron chi connectivity index (χ1n) is 13.0. The first-order valence-corrected chi connectivity index (χ1v) is 13.0. The number of unbranched alkanes of at least 4 members (excludes halogenated alkanes) is 3. The molecule has 2 aliphatic rings. The molecule has 37 heavy (non-hydrogen) atoms. The number of Topliss-reactive ketones (excluding diaryl/α,β-unsaturated/α-hetero) is 1. The van der Waals surface area contributed by atoms with E-state index in [4.69, 9.17) is 0 Å². The average Bonchev–Trinajstić information content (AvgIpc) is 3.55. The summed E-state index contributed by atoms with van der Waals surface area (Å²) in [6.45, 7) is 0. The van der Waals surface area contributed by atoms with E-state index in [0.717, 1.165) is 56.9 Å². The summed E-state index contributed by atoms with van der Waals surface area (Å²) >= 11 is 0. The van der Waals surface area contributed by atoms with Crippen LogP contribution in [0.25, 0.3) is 5.70 Å². The Morgan fingerprint density at radius 3 is 2.43 bits per heavy atom. The van der Waals surface area contributed by atoms with Crippen molar-refractivity contribution in [3.8, 4) is 0 Å². The van der Waals surface area contributed by atoms with Crippen molar-refractivity contribution < 1.29 is 18.5 Å². The van der Waals surface area contributed by atoms with E-state index < -0.39 is 0 Å². The number of halogens is 1. The summed E-state index contributed by atoms with van der Waals surface area (Å²) < 4.78 is 18.5. The number of ketones is 1. The van der Waals surface area contributed by atoms with Crippen LogP contribution in [-0.4, -0.2) is 62.0 Å². The first-order chi connectivity index (χ1) is 17.9. The predicted molar refractivity (Wildman–Crippen MR) is 144 cm³/mol. The highest BCUT2D eigenvalue weighted by molar-refractivity contribution is 5.93. The molecule has 1 unspecified atom stereocenters. The number of carbonyl (C=O) groups is 2. The molecule has 3 N–H and O–H groups in total. The fraction of sp³-hybridized carbons (Fsp3) is 0.536. The maximum atomic E-state index is 13.8. The van der Waals surface area contributed by atoms with Crippen LogP contribution in [0.4, 0.5) is 4.39 Å². The average molecular weight is 516 g/mol.